The van der Waals surface area contributed by atoms with Gasteiger partial charge in [0.15, 0.2) is 0 Å². The summed E-state index contributed by atoms with van der Waals surface area (Å²) < 4.78 is 0.732. The fourth-order valence-electron chi connectivity index (χ4n) is 2.46. The van der Waals surface area contributed by atoms with Gasteiger partial charge in [-0.05, 0) is 24.5 Å². The van der Waals surface area contributed by atoms with Crippen LogP contribution in [0.15, 0.2) is 35.1 Å². The highest BCUT2D eigenvalue weighted by Crippen LogP contribution is 2.18. The summed E-state index contributed by atoms with van der Waals surface area (Å²) in [6.45, 7) is 2.20. The highest BCUT2D eigenvalue weighted by Gasteiger charge is 2.07. The molecule has 0 unspecified atom stereocenters. The molecule has 0 radical (unpaired) electrons. The van der Waals surface area contributed by atoms with Crippen molar-refractivity contribution in [2.75, 3.05) is 0 Å². The maximum absolute atomic E-state index is 11.7. The molecule has 2 rings (SSSR count). The molecule has 1 heterocycles. The lowest BCUT2D eigenvalue weighted by atomic mass is 10.0. The SMILES string of the molecule is CCCCCCCc1cc(=O)n(O)c2ccccc12. The van der Waals surface area contributed by atoms with Crippen LogP contribution in [0.4, 0.5) is 0 Å². The Balaban J connectivity index is 2.19. The van der Waals surface area contributed by atoms with Gasteiger partial charge < -0.3 is 5.21 Å². The van der Waals surface area contributed by atoms with Crippen LogP contribution < -0.4 is 5.56 Å². The third kappa shape index (κ3) is 3.16. The maximum atomic E-state index is 11.7. The third-order valence-corrected chi connectivity index (χ3v) is 3.53. The molecule has 1 aromatic carbocycles. The van der Waals surface area contributed by atoms with Gasteiger partial charge in [-0.25, -0.2) is 0 Å². The molecular weight excluding hydrogens is 238 g/mol. The van der Waals surface area contributed by atoms with E-state index in [4.69, 9.17) is 0 Å². The molecule has 0 atom stereocenters. The van der Waals surface area contributed by atoms with Crippen molar-refractivity contribution in [3.05, 3.63) is 46.2 Å². The van der Waals surface area contributed by atoms with Crippen LogP contribution >= 0.6 is 0 Å². The van der Waals surface area contributed by atoms with E-state index in [0.29, 0.717) is 5.52 Å². The van der Waals surface area contributed by atoms with Gasteiger partial charge >= 0.3 is 0 Å². The maximum Gasteiger partial charge on any atom is 0.283 e. The Kier molecular flexibility index (Phi) is 4.61. The molecule has 0 bridgehead atoms. The van der Waals surface area contributed by atoms with E-state index in [9.17, 15) is 10.0 Å². The van der Waals surface area contributed by atoms with Crippen LogP contribution in [-0.4, -0.2) is 9.94 Å². The van der Waals surface area contributed by atoms with Crippen LogP contribution in [0, 0.1) is 0 Å². The Morgan fingerprint density at radius 3 is 2.63 bits per heavy atom. The number of aryl methyl sites for hydroxylation is 1. The number of fused-ring (bicyclic) bond motifs is 1. The van der Waals surface area contributed by atoms with E-state index in [1.807, 2.05) is 18.2 Å². The zero-order valence-corrected chi connectivity index (χ0v) is 11.4. The first-order chi connectivity index (χ1) is 9.24. The smallest absolute Gasteiger partial charge is 0.283 e. The first kappa shape index (κ1) is 13.7. The number of hydrogen-bond donors (Lipinski definition) is 1. The summed E-state index contributed by atoms with van der Waals surface area (Å²) in [5.41, 5.74) is 1.29. The van der Waals surface area contributed by atoms with Crippen LogP contribution in [0.2, 0.25) is 0 Å². The van der Waals surface area contributed by atoms with Gasteiger partial charge in [-0.3, -0.25) is 4.79 Å². The van der Waals surface area contributed by atoms with Gasteiger partial charge in [0.1, 0.15) is 0 Å². The summed E-state index contributed by atoms with van der Waals surface area (Å²) in [6, 6.07) is 9.06. The average Bonchev–Trinajstić information content (AvgIpc) is 2.44. The number of para-hydroxylation sites is 1. The van der Waals surface area contributed by atoms with Gasteiger partial charge in [0, 0.05) is 11.5 Å². The summed E-state index contributed by atoms with van der Waals surface area (Å²) >= 11 is 0. The van der Waals surface area contributed by atoms with E-state index >= 15 is 0 Å². The average molecular weight is 259 g/mol. The van der Waals surface area contributed by atoms with Crippen molar-refractivity contribution in [3.8, 4) is 0 Å². The third-order valence-electron chi connectivity index (χ3n) is 3.53. The summed E-state index contributed by atoms with van der Waals surface area (Å²) in [6.07, 6.45) is 6.97. The Morgan fingerprint density at radius 2 is 1.84 bits per heavy atom. The molecule has 0 saturated carbocycles. The zero-order valence-electron chi connectivity index (χ0n) is 11.4. The van der Waals surface area contributed by atoms with Crippen LogP contribution in [0.5, 0.6) is 0 Å². The number of aromatic nitrogens is 1. The van der Waals surface area contributed by atoms with Crippen molar-refractivity contribution in [1.29, 1.82) is 0 Å². The largest absolute Gasteiger partial charge is 0.425 e. The Hall–Kier alpha value is -1.77. The zero-order chi connectivity index (χ0) is 13.7. The van der Waals surface area contributed by atoms with Gasteiger partial charge in [-0.1, -0.05) is 50.8 Å². The molecule has 1 N–H and O–H groups in total. The molecule has 19 heavy (non-hydrogen) atoms. The highest BCUT2D eigenvalue weighted by molar-refractivity contribution is 5.82. The Labute approximate surface area is 113 Å². The van der Waals surface area contributed by atoms with Crippen LogP contribution in [0.25, 0.3) is 10.9 Å². The van der Waals surface area contributed by atoms with E-state index < -0.39 is 0 Å². The normalized spacial score (nSPS) is 11.0. The van der Waals surface area contributed by atoms with Crippen molar-refractivity contribution in [2.24, 2.45) is 0 Å². The molecule has 0 aliphatic rings. The predicted molar refractivity (Wildman–Crippen MR) is 77.9 cm³/mol. The van der Waals surface area contributed by atoms with Crippen LogP contribution in [0.1, 0.15) is 44.6 Å². The Morgan fingerprint density at radius 1 is 1.11 bits per heavy atom. The number of benzene rings is 1. The molecule has 0 spiro atoms. The number of pyridine rings is 1. The van der Waals surface area contributed by atoms with Crippen molar-refractivity contribution in [1.82, 2.24) is 4.73 Å². The quantitative estimate of drug-likeness (QED) is 0.634. The summed E-state index contributed by atoms with van der Waals surface area (Å²) in [5, 5.41) is 10.7. The van der Waals surface area contributed by atoms with Gasteiger partial charge in [-0.15, -0.1) is 4.73 Å². The summed E-state index contributed by atoms with van der Waals surface area (Å²) in [5.74, 6) is 0. The lowest BCUT2D eigenvalue weighted by Gasteiger charge is -2.08. The van der Waals surface area contributed by atoms with Crippen LogP contribution in [0.3, 0.4) is 0 Å². The lowest BCUT2D eigenvalue weighted by Crippen LogP contribution is -2.18. The molecule has 3 heteroatoms. The number of unbranched alkanes of at least 4 members (excludes halogenated alkanes) is 4. The van der Waals surface area contributed by atoms with Crippen molar-refractivity contribution in [2.45, 2.75) is 45.4 Å². The fourth-order valence-corrected chi connectivity index (χ4v) is 2.46. The second kappa shape index (κ2) is 6.41. The van der Waals surface area contributed by atoms with Gasteiger partial charge in [-0.2, -0.15) is 0 Å². The topological polar surface area (TPSA) is 42.2 Å². The predicted octanol–water partition coefficient (Wildman–Crippen LogP) is 3.75. The number of nitrogens with zero attached hydrogens (tertiary/aromatic N) is 1. The molecule has 3 nitrogen and oxygen atoms in total. The fraction of sp³-hybridized carbons (Fsp3) is 0.438. The van der Waals surface area contributed by atoms with E-state index in [-0.39, 0.29) is 5.56 Å². The van der Waals surface area contributed by atoms with E-state index in [2.05, 4.69) is 6.92 Å². The van der Waals surface area contributed by atoms with Gasteiger partial charge in [0.2, 0.25) is 0 Å². The van der Waals surface area contributed by atoms with Gasteiger partial charge in [0.05, 0.1) is 5.52 Å². The first-order valence-electron chi connectivity index (χ1n) is 7.07. The number of hydrogen-bond acceptors (Lipinski definition) is 2. The van der Waals surface area contributed by atoms with Crippen molar-refractivity contribution < 1.29 is 5.21 Å². The molecule has 0 fully saturated rings. The first-order valence-corrected chi connectivity index (χ1v) is 7.07. The minimum atomic E-state index is -0.345. The highest BCUT2D eigenvalue weighted by atomic mass is 16.5. The molecule has 2 aromatic rings. The van der Waals surface area contributed by atoms with E-state index in [0.717, 1.165) is 28.5 Å². The second-order valence-corrected chi connectivity index (χ2v) is 5.00. The minimum absolute atomic E-state index is 0.345. The molecule has 0 aliphatic heterocycles. The molecular formula is C16H21NO2. The minimum Gasteiger partial charge on any atom is -0.425 e. The molecule has 102 valence electrons. The Bertz CT molecular complexity index is 601. The van der Waals surface area contributed by atoms with Crippen molar-refractivity contribution >= 4 is 10.9 Å². The summed E-state index contributed by atoms with van der Waals surface area (Å²) in [7, 11) is 0. The monoisotopic (exact) mass is 259 g/mol. The molecule has 0 aliphatic carbocycles. The summed E-state index contributed by atoms with van der Waals surface area (Å²) in [4.78, 5) is 11.7. The number of rotatable bonds is 6. The standard InChI is InChI=1S/C16H21NO2/c1-2-3-4-5-6-9-13-12-16(18)17(19)15-11-8-7-10-14(13)15/h7-8,10-12,19H,2-6,9H2,1H3. The molecule has 0 saturated heterocycles. The lowest BCUT2D eigenvalue weighted by molar-refractivity contribution is 0.188. The van der Waals surface area contributed by atoms with Gasteiger partial charge in [0.25, 0.3) is 5.56 Å². The van der Waals surface area contributed by atoms with E-state index in [1.165, 1.54) is 25.7 Å². The van der Waals surface area contributed by atoms with E-state index in [1.54, 1.807) is 12.1 Å². The molecule has 0 amide bonds. The van der Waals surface area contributed by atoms with Crippen molar-refractivity contribution in [3.63, 3.8) is 0 Å². The second-order valence-electron chi connectivity index (χ2n) is 5.00. The molecule has 1 aromatic heterocycles. The van der Waals surface area contributed by atoms with Crippen LogP contribution in [-0.2, 0) is 6.42 Å².